The minimum absolute atomic E-state index is 0.0307. The number of halogens is 1. The number of carbonyl (C=O) groups is 2. The number of benzene rings is 1. The van der Waals surface area contributed by atoms with Crippen molar-refractivity contribution in [1.29, 1.82) is 0 Å². The van der Waals surface area contributed by atoms with Gasteiger partial charge in [0.05, 0.1) is 13.7 Å². The molecule has 1 amide bonds. The van der Waals surface area contributed by atoms with Crippen molar-refractivity contribution in [2.24, 2.45) is 5.92 Å². The van der Waals surface area contributed by atoms with Gasteiger partial charge in [-0.05, 0) is 43.7 Å². The first-order chi connectivity index (χ1) is 12.0. The van der Waals surface area contributed by atoms with Crippen molar-refractivity contribution in [3.63, 3.8) is 0 Å². The second-order valence-electron chi connectivity index (χ2n) is 6.88. The van der Waals surface area contributed by atoms with E-state index in [9.17, 15) is 14.0 Å². The molecule has 0 unspecified atom stereocenters. The highest BCUT2D eigenvalue weighted by Crippen LogP contribution is 2.34. The number of nitrogens with one attached hydrogen (secondary N) is 1. The van der Waals surface area contributed by atoms with Crippen LogP contribution in [0.3, 0.4) is 0 Å². The molecule has 2 aliphatic carbocycles. The molecule has 0 aliphatic heterocycles. The zero-order chi connectivity index (χ0) is 18.0. The molecule has 136 valence electrons. The van der Waals surface area contributed by atoms with Gasteiger partial charge in [-0.2, -0.15) is 0 Å². The Kier molecular flexibility index (Phi) is 5.22. The van der Waals surface area contributed by atoms with Gasteiger partial charge in [0.2, 0.25) is 0 Å². The van der Waals surface area contributed by atoms with E-state index in [0.717, 1.165) is 19.4 Å². The molecule has 0 saturated heterocycles. The summed E-state index contributed by atoms with van der Waals surface area (Å²) in [6, 6.07) is 4.35. The fraction of sp³-hybridized carbons (Fsp3) is 0.556. The van der Waals surface area contributed by atoms with Crippen LogP contribution in [0.4, 0.5) is 4.39 Å². The predicted molar refractivity (Wildman–Crippen MR) is 89.2 cm³/mol. The van der Waals surface area contributed by atoms with Crippen molar-refractivity contribution < 1.29 is 23.8 Å². The number of ether oxygens (including phenoxy) is 1. The van der Waals surface area contributed by atoms with E-state index >= 15 is 0 Å². The third-order valence-electron chi connectivity index (χ3n) is 4.92. The molecule has 1 aromatic carbocycles. The van der Waals surface area contributed by atoms with Crippen molar-refractivity contribution in [2.75, 3.05) is 20.2 Å². The van der Waals surface area contributed by atoms with Gasteiger partial charge in [0.15, 0.2) is 0 Å². The van der Waals surface area contributed by atoms with Crippen LogP contribution in [0.15, 0.2) is 18.2 Å². The average molecular weight is 350 g/mol. The van der Waals surface area contributed by atoms with Gasteiger partial charge < -0.3 is 15.2 Å². The Morgan fingerprint density at radius 2 is 2.08 bits per heavy atom. The number of aliphatic carboxylic acids is 1. The number of nitrogens with zero attached hydrogens (tertiary/aromatic N) is 1. The summed E-state index contributed by atoms with van der Waals surface area (Å²) in [6.45, 7) is 0.835. The summed E-state index contributed by atoms with van der Waals surface area (Å²) < 4.78 is 19.0. The summed E-state index contributed by atoms with van der Waals surface area (Å²) >= 11 is 0. The van der Waals surface area contributed by atoms with E-state index in [1.165, 1.54) is 19.2 Å². The van der Waals surface area contributed by atoms with Crippen LogP contribution in [0.5, 0.6) is 5.75 Å². The topological polar surface area (TPSA) is 78.9 Å². The van der Waals surface area contributed by atoms with E-state index in [0.29, 0.717) is 18.8 Å². The lowest BCUT2D eigenvalue weighted by molar-refractivity contribution is -0.139. The van der Waals surface area contributed by atoms with Crippen LogP contribution >= 0.6 is 0 Å². The molecule has 2 fully saturated rings. The Labute approximate surface area is 146 Å². The monoisotopic (exact) mass is 350 g/mol. The highest BCUT2D eigenvalue weighted by atomic mass is 19.1. The van der Waals surface area contributed by atoms with E-state index < -0.39 is 17.7 Å². The predicted octanol–water partition coefficient (Wildman–Crippen LogP) is 1.89. The zero-order valence-electron chi connectivity index (χ0n) is 14.2. The van der Waals surface area contributed by atoms with Gasteiger partial charge in [-0.25, -0.2) is 4.39 Å². The van der Waals surface area contributed by atoms with Gasteiger partial charge in [0.1, 0.15) is 17.1 Å². The number of carboxylic acids is 1. The number of rotatable bonds is 8. The van der Waals surface area contributed by atoms with Crippen LogP contribution in [0, 0.1) is 11.7 Å². The van der Waals surface area contributed by atoms with Gasteiger partial charge in [-0.3, -0.25) is 14.5 Å². The SMILES string of the molecule is COc1cccc(F)c1C(=O)NC1CC(N(CC(=O)O)CC2CC2)C1. The average Bonchev–Trinajstić information content (AvgIpc) is 3.32. The Bertz CT molecular complexity index is 656. The lowest BCUT2D eigenvalue weighted by Gasteiger charge is -2.42. The molecule has 0 radical (unpaired) electrons. The lowest BCUT2D eigenvalue weighted by Crippen LogP contribution is -2.55. The molecule has 2 N–H and O–H groups in total. The first kappa shape index (κ1) is 17.7. The van der Waals surface area contributed by atoms with Crippen molar-refractivity contribution in [3.8, 4) is 5.75 Å². The quantitative estimate of drug-likeness (QED) is 0.749. The molecule has 7 heteroatoms. The van der Waals surface area contributed by atoms with Gasteiger partial charge in [-0.1, -0.05) is 6.07 Å². The van der Waals surface area contributed by atoms with Crippen LogP contribution < -0.4 is 10.1 Å². The molecular formula is C18H23FN2O4. The van der Waals surface area contributed by atoms with Crippen LogP contribution in [-0.2, 0) is 4.79 Å². The summed E-state index contributed by atoms with van der Waals surface area (Å²) in [4.78, 5) is 25.4. The highest BCUT2D eigenvalue weighted by molar-refractivity contribution is 5.97. The largest absolute Gasteiger partial charge is 0.496 e. The molecule has 0 aromatic heterocycles. The number of hydrogen-bond acceptors (Lipinski definition) is 4. The molecule has 2 aliphatic rings. The molecule has 0 heterocycles. The Balaban J connectivity index is 1.55. The Morgan fingerprint density at radius 1 is 1.36 bits per heavy atom. The minimum atomic E-state index is -0.829. The second kappa shape index (κ2) is 7.39. The molecular weight excluding hydrogens is 327 g/mol. The van der Waals surface area contributed by atoms with E-state index in [-0.39, 0.29) is 29.9 Å². The summed E-state index contributed by atoms with van der Waals surface area (Å²) in [5.74, 6) is -1.13. The maximum Gasteiger partial charge on any atom is 0.317 e. The third kappa shape index (κ3) is 4.28. The summed E-state index contributed by atoms with van der Waals surface area (Å²) in [5.41, 5.74) is -0.0891. The maximum atomic E-state index is 13.9. The number of methoxy groups -OCH3 is 1. The Hall–Kier alpha value is -2.15. The number of hydrogen-bond donors (Lipinski definition) is 2. The smallest absolute Gasteiger partial charge is 0.317 e. The lowest BCUT2D eigenvalue weighted by atomic mass is 9.85. The molecule has 6 nitrogen and oxygen atoms in total. The number of carbonyl (C=O) groups excluding carboxylic acids is 1. The minimum Gasteiger partial charge on any atom is -0.496 e. The molecule has 3 rings (SSSR count). The van der Waals surface area contributed by atoms with Gasteiger partial charge in [0.25, 0.3) is 5.91 Å². The van der Waals surface area contributed by atoms with Crippen LogP contribution in [-0.4, -0.2) is 54.2 Å². The first-order valence-corrected chi connectivity index (χ1v) is 8.57. The zero-order valence-corrected chi connectivity index (χ0v) is 14.2. The van der Waals surface area contributed by atoms with E-state index in [1.54, 1.807) is 6.07 Å². The highest BCUT2D eigenvalue weighted by Gasteiger charge is 2.38. The van der Waals surface area contributed by atoms with Crippen LogP contribution in [0.25, 0.3) is 0 Å². The normalized spacial score (nSPS) is 22.4. The second-order valence-corrected chi connectivity index (χ2v) is 6.88. The fourth-order valence-corrected chi connectivity index (χ4v) is 3.30. The van der Waals surface area contributed by atoms with E-state index in [1.807, 2.05) is 4.90 Å². The van der Waals surface area contributed by atoms with Gasteiger partial charge in [0, 0.05) is 18.6 Å². The fourth-order valence-electron chi connectivity index (χ4n) is 3.30. The third-order valence-corrected chi connectivity index (χ3v) is 4.92. The summed E-state index contributed by atoms with van der Waals surface area (Å²) in [6.07, 6.45) is 3.69. The van der Waals surface area contributed by atoms with Crippen molar-refractivity contribution >= 4 is 11.9 Å². The van der Waals surface area contributed by atoms with E-state index in [4.69, 9.17) is 9.84 Å². The molecule has 2 saturated carbocycles. The summed E-state index contributed by atoms with van der Waals surface area (Å²) in [7, 11) is 1.40. The summed E-state index contributed by atoms with van der Waals surface area (Å²) in [5, 5.41) is 11.9. The van der Waals surface area contributed by atoms with Crippen LogP contribution in [0.1, 0.15) is 36.0 Å². The Morgan fingerprint density at radius 3 is 2.68 bits per heavy atom. The molecule has 0 spiro atoms. The van der Waals surface area contributed by atoms with Crippen LogP contribution in [0.2, 0.25) is 0 Å². The maximum absolute atomic E-state index is 13.9. The molecule has 0 atom stereocenters. The van der Waals surface area contributed by atoms with Crippen molar-refractivity contribution in [2.45, 2.75) is 37.8 Å². The molecule has 0 bridgehead atoms. The van der Waals surface area contributed by atoms with Gasteiger partial charge in [-0.15, -0.1) is 0 Å². The van der Waals surface area contributed by atoms with Crippen molar-refractivity contribution in [1.82, 2.24) is 10.2 Å². The molecule has 25 heavy (non-hydrogen) atoms. The first-order valence-electron chi connectivity index (χ1n) is 8.57. The van der Waals surface area contributed by atoms with Gasteiger partial charge >= 0.3 is 5.97 Å². The standard InChI is InChI=1S/C18H23FN2O4/c1-25-15-4-2-3-14(19)17(15)18(24)20-12-7-13(8-12)21(10-16(22)23)9-11-5-6-11/h2-4,11-13H,5-10H2,1H3,(H,20,24)(H,22,23). The van der Waals surface area contributed by atoms with Crippen molar-refractivity contribution in [3.05, 3.63) is 29.6 Å². The van der Waals surface area contributed by atoms with E-state index in [2.05, 4.69) is 5.32 Å². The number of carboxylic acid groups (broad SMARTS) is 1. The molecule has 1 aromatic rings. The number of amides is 1.